The van der Waals surface area contributed by atoms with E-state index >= 15 is 0 Å². The average molecular weight is 431 g/mol. The summed E-state index contributed by atoms with van der Waals surface area (Å²) >= 11 is 6.33. The number of ether oxygens (including phenoxy) is 2. The number of aryl methyl sites for hydroxylation is 2. The molecule has 1 aliphatic heterocycles. The molecular formula is C21H20ClFN4O3. The Hall–Kier alpha value is -2.97. The smallest absolute Gasteiger partial charge is 0.270 e. The first-order valence-corrected chi connectivity index (χ1v) is 9.69. The van der Waals surface area contributed by atoms with Gasteiger partial charge in [0.25, 0.3) is 5.91 Å². The van der Waals surface area contributed by atoms with E-state index in [9.17, 15) is 9.18 Å². The monoisotopic (exact) mass is 430 g/mol. The summed E-state index contributed by atoms with van der Waals surface area (Å²) < 4.78 is 26.8. The fraction of sp³-hybridized carbons (Fsp3) is 0.286. The summed E-state index contributed by atoms with van der Waals surface area (Å²) in [4.78, 5) is 16.9. The van der Waals surface area contributed by atoms with Crippen LogP contribution in [0.2, 0.25) is 5.02 Å². The molecule has 30 heavy (non-hydrogen) atoms. The van der Waals surface area contributed by atoms with Crippen LogP contribution in [0.5, 0.6) is 5.75 Å². The highest BCUT2D eigenvalue weighted by molar-refractivity contribution is 6.33. The van der Waals surface area contributed by atoms with Crippen molar-refractivity contribution in [3.8, 4) is 11.4 Å². The molecule has 0 unspecified atom stereocenters. The summed E-state index contributed by atoms with van der Waals surface area (Å²) in [6.45, 7) is 4.33. The maximum absolute atomic E-state index is 14.6. The Morgan fingerprint density at radius 1 is 1.33 bits per heavy atom. The molecule has 1 amide bonds. The molecule has 3 heterocycles. The van der Waals surface area contributed by atoms with Gasteiger partial charge >= 0.3 is 0 Å². The maximum atomic E-state index is 14.6. The third-order valence-electron chi connectivity index (χ3n) is 5.17. The fourth-order valence-corrected chi connectivity index (χ4v) is 3.66. The Morgan fingerprint density at radius 2 is 2.13 bits per heavy atom. The highest BCUT2D eigenvalue weighted by Crippen LogP contribution is 2.35. The second-order valence-electron chi connectivity index (χ2n) is 7.07. The Morgan fingerprint density at radius 3 is 2.87 bits per heavy atom. The third kappa shape index (κ3) is 3.53. The predicted octanol–water partition coefficient (Wildman–Crippen LogP) is 3.69. The summed E-state index contributed by atoms with van der Waals surface area (Å²) in [6.07, 6.45) is 3.25. The van der Waals surface area contributed by atoms with Gasteiger partial charge < -0.3 is 14.8 Å². The van der Waals surface area contributed by atoms with E-state index in [1.165, 1.54) is 23.9 Å². The topological polar surface area (TPSA) is 78.3 Å². The molecule has 0 aliphatic carbocycles. The number of amides is 1. The van der Waals surface area contributed by atoms with E-state index in [4.69, 9.17) is 21.1 Å². The first-order valence-electron chi connectivity index (χ1n) is 9.31. The van der Waals surface area contributed by atoms with Crippen LogP contribution in [0.3, 0.4) is 0 Å². The normalized spacial score (nSPS) is 15.6. The van der Waals surface area contributed by atoms with E-state index in [1.807, 2.05) is 13.8 Å². The molecule has 0 saturated heterocycles. The van der Waals surface area contributed by atoms with Crippen LogP contribution >= 0.6 is 11.6 Å². The summed E-state index contributed by atoms with van der Waals surface area (Å²) in [5, 5.41) is 7.34. The number of carbonyl (C=O) groups is 1. The SMILES string of the molecule is COc1ccc(F)c(-n2ncc3c2COC[C@@H]3NC(=O)c2cc(C)c(C)cn2)c1Cl. The zero-order chi connectivity index (χ0) is 21.4. The molecular weight excluding hydrogens is 411 g/mol. The van der Waals surface area contributed by atoms with Gasteiger partial charge in [0.1, 0.15) is 22.2 Å². The molecule has 1 atom stereocenters. The number of aromatic nitrogens is 3. The summed E-state index contributed by atoms with van der Waals surface area (Å²) in [7, 11) is 1.46. The Labute approximate surface area is 177 Å². The lowest BCUT2D eigenvalue weighted by Crippen LogP contribution is -2.34. The first kappa shape index (κ1) is 20.3. The molecule has 0 fully saturated rings. The van der Waals surface area contributed by atoms with Crippen LogP contribution in [0.4, 0.5) is 4.39 Å². The highest BCUT2D eigenvalue weighted by atomic mass is 35.5. The molecule has 1 aliphatic rings. The van der Waals surface area contributed by atoms with Crippen molar-refractivity contribution in [1.29, 1.82) is 0 Å². The third-order valence-corrected chi connectivity index (χ3v) is 5.54. The van der Waals surface area contributed by atoms with Crippen molar-refractivity contribution >= 4 is 17.5 Å². The number of carbonyl (C=O) groups excluding carboxylic acids is 1. The number of hydrogen-bond acceptors (Lipinski definition) is 5. The lowest BCUT2D eigenvalue weighted by molar-refractivity contribution is 0.0684. The molecule has 1 N–H and O–H groups in total. The number of rotatable bonds is 4. The molecule has 4 rings (SSSR count). The molecule has 9 heteroatoms. The zero-order valence-electron chi connectivity index (χ0n) is 16.7. The van der Waals surface area contributed by atoms with Crippen LogP contribution in [0.15, 0.2) is 30.6 Å². The summed E-state index contributed by atoms with van der Waals surface area (Å²) in [6, 6.07) is 4.01. The van der Waals surface area contributed by atoms with E-state index in [0.717, 1.165) is 16.7 Å². The lowest BCUT2D eigenvalue weighted by Gasteiger charge is -2.24. The minimum absolute atomic E-state index is 0.0728. The number of nitrogens with one attached hydrogen (secondary N) is 1. The van der Waals surface area contributed by atoms with Gasteiger partial charge in [0, 0.05) is 11.8 Å². The number of fused-ring (bicyclic) bond motifs is 1. The largest absolute Gasteiger partial charge is 0.495 e. The van der Waals surface area contributed by atoms with Crippen LogP contribution in [-0.4, -0.2) is 34.4 Å². The molecule has 156 valence electrons. The summed E-state index contributed by atoms with van der Waals surface area (Å²) in [5.74, 6) is -0.533. The molecule has 0 bridgehead atoms. The van der Waals surface area contributed by atoms with Gasteiger partial charge in [0.2, 0.25) is 0 Å². The fourth-order valence-electron chi connectivity index (χ4n) is 3.35. The summed E-state index contributed by atoms with van der Waals surface area (Å²) in [5.41, 5.74) is 3.72. The van der Waals surface area contributed by atoms with E-state index in [1.54, 1.807) is 18.5 Å². The standard InChI is InChI=1S/C21H20ClFN4O3/c1-11-6-15(24-7-12(11)2)21(28)26-16-9-30-10-17-13(16)8-25-27(17)20-14(23)4-5-18(29-3)19(20)22/h4-8,16H,9-10H2,1-3H3,(H,26,28)/t16-/m0/s1. The van der Waals surface area contributed by atoms with Crippen LogP contribution in [0.25, 0.3) is 5.69 Å². The van der Waals surface area contributed by atoms with Gasteiger partial charge in [-0.15, -0.1) is 0 Å². The minimum atomic E-state index is -0.544. The lowest BCUT2D eigenvalue weighted by atomic mass is 10.1. The highest BCUT2D eigenvalue weighted by Gasteiger charge is 2.29. The van der Waals surface area contributed by atoms with E-state index in [-0.39, 0.29) is 29.8 Å². The predicted molar refractivity (Wildman–Crippen MR) is 109 cm³/mol. The first-order chi connectivity index (χ1) is 14.4. The molecule has 1 aromatic carbocycles. The van der Waals surface area contributed by atoms with E-state index in [2.05, 4.69) is 15.4 Å². The number of benzene rings is 1. The van der Waals surface area contributed by atoms with Crippen molar-refractivity contribution in [3.05, 3.63) is 69.5 Å². The second kappa shape index (κ2) is 8.04. The van der Waals surface area contributed by atoms with Crippen LogP contribution < -0.4 is 10.1 Å². The molecule has 7 nitrogen and oxygen atoms in total. The van der Waals surface area contributed by atoms with Gasteiger partial charge in [-0.3, -0.25) is 9.78 Å². The molecule has 0 spiro atoms. The molecule has 2 aromatic heterocycles. The van der Waals surface area contributed by atoms with Crippen molar-refractivity contribution in [1.82, 2.24) is 20.1 Å². The van der Waals surface area contributed by atoms with Crippen molar-refractivity contribution in [3.63, 3.8) is 0 Å². The van der Waals surface area contributed by atoms with E-state index in [0.29, 0.717) is 17.1 Å². The number of methoxy groups -OCH3 is 1. The van der Waals surface area contributed by atoms with Gasteiger partial charge in [-0.25, -0.2) is 9.07 Å². The van der Waals surface area contributed by atoms with Gasteiger partial charge in [-0.2, -0.15) is 5.10 Å². The number of pyridine rings is 1. The zero-order valence-corrected chi connectivity index (χ0v) is 17.5. The van der Waals surface area contributed by atoms with Gasteiger partial charge in [0.05, 0.1) is 38.3 Å². The molecule has 0 saturated carbocycles. The quantitative estimate of drug-likeness (QED) is 0.683. The Bertz CT molecular complexity index is 1130. The second-order valence-corrected chi connectivity index (χ2v) is 7.44. The Balaban J connectivity index is 1.66. The van der Waals surface area contributed by atoms with Gasteiger partial charge in [-0.1, -0.05) is 11.6 Å². The van der Waals surface area contributed by atoms with Crippen LogP contribution in [0.1, 0.15) is 38.9 Å². The van der Waals surface area contributed by atoms with Crippen molar-refractivity contribution < 1.29 is 18.7 Å². The Kier molecular flexibility index (Phi) is 5.44. The minimum Gasteiger partial charge on any atom is -0.495 e. The number of nitrogens with zero attached hydrogens (tertiary/aromatic N) is 3. The van der Waals surface area contributed by atoms with E-state index < -0.39 is 11.9 Å². The van der Waals surface area contributed by atoms with Crippen molar-refractivity contribution in [2.24, 2.45) is 0 Å². The number of halogens is 2. The molecule has 0 radical (unpaired) electrons. The van der Waals surface area contributed by atoms with Crippen LogP contribution in [-0.2, 0) is 11.3 Å². The van der Waals surface area contributed by atoms with Gasteiger partial charge in [-0.05, 0) is 43.2 Å². The van der Waals surface area contributed by atoms with Crippen molar-refractivity contribution in [2.45, 2.75) is 26.5 Å². The molecule has 3 aromatic rings. The number of hydrogen-bond donors (Lipinski definition) is 1. The van der Waals surface area contributed by atoms with Crippen LogP contribution in [0, 0.1) is 19.7 Å². The van der Waals surface area contributed by atoms with Gasteiger partial charge in [0.15, 0.2) is 5.82 Å². The maximum Gasteiger partial charge on any atom is 0.270 e. The average Bonchev–Trinajstić information content (AvgIpc) is 3.15. The van der Waals surface area contributed by atoms with Crippen molar-refractivity contribution in [2.75, 3.05) is 13.7 Å².